The molecule has 0 fully saturated rings. The molecule has 0 atom stereocenters. The van der Waals surface area contributed by atoms with Gasteiger partial charge in [-0.3, -0.25) is 4.79 Å². The number of hydrogen-bond acceptors (Lipinski definition) is 4. The molecule has 5 nitrogen and oxygen atoms in total. The van der Waals surface area contributed by atoms with Crippen molar-refractivity contribution in [3.8, 4) is 17.2 Å². The highest BCUT2D eigenvalue weighted by Gasteiger charge is 2.04. The highest BCUT2D eigenvalue weighted by molar-refractivity contribution is 6.02. The number of benzene rings is 2. The standard InChI is InChI=1S/C21H25NO4/c1-4-5-14-26-18-9-7-17(8-10-18)22-21(23)13-6-16-15-19(24-2)11-12-20(16)25-3/h6-13,15H,4-5,14H2,1-3H3,(H,22,23). The fraction of sp³-hybridized carbons (Fsp3) is 0.286. The topological polar surface area (TPSA) is 56.8 Å². The number of ether oxygens (including phenoxy) is 3. The Morgan fingerprint density at radius 3 is 2.42 bits per heavy atom. The van der Waals surface area contributed by atoms with E-state index < -0.39 is 0 Å². The quantitative estimate of drug-likeness (QED) is 0.530. The molecule has 1 amide bonds. The molecule has 0 unspecified atom stereocenters. The van der Waals surface area contributed by atoms with Crippen LogP contribution in [-0.2, 0) is 4.79 Å². The van der Waals surface area contributed by atoms with E-state index in [0.29, 0.717) is 23.8 Å². The van der Waals surface area contributed by atoms with Crippen LogP contribution in [0.1, 0.15) is 25.3 Å². The molecule has 0 bridgehead atoms. The summed E-state index contributed by atoms with van der Waals surface area (Å²) >= 11 is 0. The van der Waals surface area contributed by atoms with Gasteiger partial charge in [-0.2, -0.15) is 0 Å². The Hall–Kier alpha value is -2.95. The van der Waals surface area contributed by atoms with Crippen LogP contribution in [0.4, 0.5) is 5.69 Å². The first-order chi connectivity index (χ1) is 12.7. The van der Waals surface area contributed by atoms with Gasteiger partial charge in [0.25, 0.3) is 0 Å². The lowest BCUT2D eigenvalue weighted by Crippen LogP contribution is -2.07. The zero-order chi connectivity index (χ0) is 18.8. The van der Waals surface area contributed by atoms with Crippen molar-refractivity contribution in [1.29, 1.82) is 0 Å². The van der Waals surface area contributed by atoms with Gasteiger partial charge in [0.2, 0.25) is 5.91 Å². The lowest BCUT2D eigenvalue weighted by Gasteiger charge is -2.08. The third-order valence-corrected chi connectivity index (χ3v) is 3.74. The van der Waals surface area contributed by atoms with E-state index in [1.54, 1.807) is 32.4 Å². The number of nitrogens with one attached hydrogen (secondary N) is 1. The molecule has 26 heavy (non-hydrogen) atoms. The van der Waals surface area contributed by atoms with Crippen molar-refractivity contribution >= 4 is 17.7 Å². The SMILES string of the molecule is CCCCOc1ccc(NC(=O)C=Cc2cc(OC)ccc2OC)cc1. The van der Waals surface area contributed by atoms with E-state index in [1.165, 1.54) is 6.08 Å². The maximum absolute atomic E-state index is 12.1. The fourth-order valence-electron chi connectivity index (χ4n) is 2.29. The fourth-order valence-corrected chi connectivity index (χ4v) is 2.29. The van der Waals surface area contributed by atoms with Crippen LogP contribution in [0.15, 0.2) is 48.5 Å². The second kappa shape index (κ2) is 10.1. The summed E-state index contributed by atoms with van der Waals surface area (Å²) in [6.45, 7) is 2.82. The first kappa shape index (κ1) is 19.4. The lowest BCUT2D eigenvalue weighted by atomic mass is 10.1. The van der Waals surface area contributed by atoms with Gasteiger partial charge in [-0.15, -0.1) is 0 Å². The van der Waals surface area contributed by atoms with Crippen molar-refractivity contribution in [1.82, 2.24) is 0 Å². The Balaban J connectivity index is 1.97. The van der Waals surface area contributed by atoms with Gasteiger partial charge < -0.3 is 19.5 Å². The first-order valence-corrected chi connectivity index (χ1v) is 8.60. The summed E-state index contributed by atoms with van der Waals surface area (Å²) < 4.78 is 16.1. The zero-order valence-electron chi connectivity index (χ0n) is 15.5. The lowest BCUT2D eigenvalue weighted by molar-refractivity contribution is -0.111. The molecule has 0 aliphatic heterocycles. The van der Waals surface area contributed by atoms with Crippen molar-refractivity contribution in [3.05, 3.63) is 54.1 Å². The predicted molar refractivity (Wildman–Crippen MR) is 104 cm³/mol. The molecule has 1 N–H and O–H groups in total. The van der Waals surface area contributed by atoms with Crippen LogP contribution < -0.4 is 19.5 Å². The molecule has 0 aliphatic carbocycles. The summed E-state index contributed by atoms with van der Waals surface area (Å²) in [7, 11) is 3.18. The van der Waals surface area contributed by atoms with Crippen LogP contribution >= 0.6 is 0 Å². The van der Waals surface area contributed by atoms with E-state index in [2.05, 4.69) is 12.2 Å². The number of anilines is 1. The molecule has 2 aromatic carbocycles. The zero-order valence-corrected chi connectivity index (χ0v) is 15.5. The second-order valence-corrected chi connectivity index (χ2v) is 5.66. The number of methoxy groups -OCH3 is 2. The van der Waals surface area contributed by atoms with Crippen LogP contribution in [-0.4, -0.2) is 26.7 Å². The van der Waals surface area contributed by atoms with Gasteiger partial charge in [-0.25, -0.2) is 0 Å². The number of hydrogen-bond donors (Lipinski definition) is 1. The molecule has 0 saturated heterocycles. The minimum Gasteiger partial charge on any atom is -0.497 e. The summed E-state index contributed by atoms with van der Waals surface area (Å²) in [5, 5.41) is 2.82. The molecule has 0 aromatic heterocycles. The summed E-state index contributed by atoms with van der Waals surface area (Å²) in [4.78, 5) is 12.1. The van der Waals surface area contributed by atoms with E-state index in [1.807, 2.05) is 30.3 Å². The average Bonchev–Trinajstić information content (AvgIpc) is 2.67. The predicted octanol–water partition coefficient (Wildman–Crippen LogP) is 4.53. The summed E-state index contributed by atoms with van der Waals surface area (Å²) in [5.74, 6) is 1.94. The maximum Gasteiger partial charge on any atom is 0.248 e. The van der Waals surface area contributed by atoms with Gasteiger partial charge >= 0.3 is 0 Å². The van der Waals surface area contributed by atoms with Crippen LogP contribution in [0, 0.1) is 0 Å². The van der Waals surface area contributed by atoms with Gasteiger partial charge in [0.15, 0.2) is 0 Å². The monoisotopic (exact) mass is 355 g/mol. The van der Waals surface area contributed by atoms with Gasteiger partial charge in [0, 0.05) is 17.3 Å². The second-order valence-electron chi connectivity index (χ2n) is 5.66. The minimum atomic E-state index is -0.227. The van der Waals surface area contributed by atoms with Crippen LogP contribution in [0.3, 0.4) is 0 Å². The molecular formula is C21H25NO4. The van der Waals surface area contributed by atoms with Gasteiger partial charge in [0.1, 0.15) is 17.2 Å². The Labute approximate surface area is 154 Å². The first-order valence-electron chi connectivity index (χ1n) is 8.60. The third kappa shape index (κ3) is 5.84. The maximum atomic E-state index is 12.1. The number of amides is 1. The number of rotatable bonds is 9. The average molecular weight is 355 g/mol. The van der Waals surface area contributed by atoms with E-state index in [-0.39, 0.29) is 5.91 Å². The van der Waals surface area contributed by atoms with Crippen molar-refractivity contribution in [2.75, 3.05) is 26.1 Å². The molecule has 2 rings (SSSR count). The smallest absolute Gasteiger partial charge is 0.248 e. The number of carbonyl (C=O) groups excluding carboxylic acids is 1. The molecule has 0 heterocycles. The Morgan fingerprint density at radius 1 is 1.04 bits per heavy atom. The van der Waals surface area contributed by atoms with E-state index in [0.717, 1.165) is 24.2 Å². The number of carbonyl (C=O) groups is 1. The highest BCUT2D eigenvalue weighted by Crippen LogP contribution is 2.25. The number of unbranched alkanes of at least 4 members (excludes halogenated alkanes) is 1. The third-order valence-electron chi connectivity index (χ3n) is 3.74. The molecule has 0 saturated carbocycles. The van der Waals surface area contributed by atoms with E-state index >= 15 is 0 Å². The van der Waals surface area contributed by atoms with Crippen LogP contribution in [0.25, 0.3) is 6.08 Å². The minimum absolute atomic E-state index is 0.227. The molecule has 138 valence electrons. The van der Waals surface area contributed by atoms with Crippen molar-refractivity contribution in [2.45, 2.75) is 19.8 Å². The van der Waals surface area contributed by atoms with Crippen molar-refractivity contribution in [3.63, 3.8) is 0 Å². The Kier molecular flexibility index (Phi) is 7.55. The molecule has 0 radical (unpaired) electrons. The summed E-state index contributed by atoms with van der Waals surface area (Å²) in [6.07, 6.45) is 5.28. The Morgan fingerprint density at radius 2 is 1.77 bits per heavy atom. The molecule has 0 aliphatic rings. The largest absolute Gasteiger partial charge is 0.497 e. The summed E-state index contributed by atoms with van der Waals surface area (Å²) in [5.41, 5.74) is 1.47. The normalized spacial score (nSPS) is 10.6. The van der Waals surface area contributed by atoms with Gasteiger partial charge in [-0.1, -0.05) is 13.3 Å². The highest BCUT2D eigenvalue weighted by atomic mass is 16.5. The van der Waals surface area contributed by atoms with Crippen LogP contribution in [0.2, 0.25) is 0 Å². The van der Waals surface area contributed by atoms with E-state index in [4.69, 9.17) is 14.2 Å². The van der Waals surface area contributed by atoms with Crippen molar-refractivity contribution in [2.24, 2.45) is 0 Å². The van der Waals surface area contributed by atoms with Crippen molar-refractivity contribution < 1.29 is 19.0 Å². The molecule has 0 spiro atoms. The molecule has 5 heteroatoms. The summed E-state index contributed by atoms with van der Waals surface area (Å²) in [6, 6.07) is 12.7. The van der Waals surface area contributed by atoms with Gasteiger partial charge in [0.05, 0.1) is 20.8 Å². The van der Waals surface area contributed by atoms with Gasteiger partial charge in [-0.05, 0) is 55.0 Å². The van der Waals surface area contributed by atoms with E-state index in [9.17, 15) is 4.79 Å². The van der Waals surface area contributed by atoms with Crippen LogP contribution in [0.5, 0.6) is 17.2 Å². The Bertz CT molecular complexity index is 738. The molecule has 2 aromatic rings. The molecular weight excluding hydrogens is 330 g/mol.